The van der Waals surface area contributed by atoms with Crippen molar-refractivity contribution in [2.24, 2.45) is 5.73 Å². The number of halogens is 3. The van der Waals surface area contributed by atoms with Crippen LogP contribution in [0.25, 0.3) is 0 Å². The van der Waals surface area contributed by atoms with Crippen molar-refractivity contribution < 1.29 is 8.78 Å². The highest BCUT2D eigenvalue weighted by Gasteiger charge is 2.13. The molecule has 100 valence electrons. The van der Waals surface area contributed by atoms with Crippen LogP contribution in [-0.4, -0.2) is 0 Å². The van der Waals surface area contributed by atoms with E-state index < -0.39 is 11.6 Å². The molecule has 0 aliphatic carbocycles. The molecule has 0 bridgehead atoms. The van der Waals surface area contributed by atoms with Crippen molar-refractivity contribution in [3.05, 3.63) is 69.2 Å². The normalized spacial score (nSPS) is 12.5. The van der Waals surface area contributed by atoms with Crippen LogP contribution in [0.1, 0.15) is 22.7 Å². The van der Waals surface area contributed by atoms with Crippen LogP contribution in [0.2, 0.25) is 0 Å². The van der Waals surface area contributed by atoms with Gasteiger partial charge in [0.05, 0.1) is 0 Å². The molecule has 0 spiro atoms. The minimum Gasteiger partial charge on any atom is -0.324 e. The Bertz CT molecular complexity index is 599. The van der Waals surface area contributed by atoms with E-state index in [1.165, 1.54) is 6.07 Å². The lowest BCUT2D eigenvalue weighted by Gasteiger charge is -2.14. The number of benzene rings is 2. The summed E-state index contributed by atoms with van der Waals surface area (Å²) >= 11 is 3.42. The summed E-state index contributed by atoms with van der Waals surface area (Å²) in [5.74, 6) is -1.65. The van der Waals surface area contributed by atoms with Gasteiger partial charge in [0.25, 0.3) is 0 Å². The van der Waals surface area contributed by atoms with Gasteiger partial charge in [0.1, 0.15) is 0 Å². The first-order valence-electron chi connectivity index (χ1n) is 5.93. The number of aryl methyl sites for hydroxylation is 1. The standard InChI is InChI=1S/C15H14BrF2N/c1-9-7-10(5-6-12(9)16)14(19)8-11-3-2-4-13(17)15(11)18/h2-7,14H,8,19H2,1H3. The Morgan fingerprint density at radius 3 is 2.63 bits per heavy atom. The number of rotatable bonds is 3. The van der Waals surface area contributed by atoms with Crippen LogP contribution in [0.15, 0.2) is 40.9 Å². The predicted molar refractivity (Wildman–Crippen MR) is 75.9 cm³/mol. The molecule has 2 aromatic rings. The molecule has 1 unspecified atom stereocenters. The molecular formula is C15H14BrF2N. The summed E-state index contributed by atoms with van der Waals surface area (Å²) in [7, 11) is 0. The summed E-state index contributed by atoms with van der Waals surface area (Å²) in [5, 5.41) is 0. The Morgan fingerprint density at radius 1 is 1.21 bits per heavy atom. The molecule has 2 N–H and O–H groups in total. The zero-order valence-corrected chi connectivity index (χ0v) is 12.0. The molecule has 2 rings (SSSR count). The second kappa shape index (κ2) is 5.80. The van der Waals surface area contributed by atoms with Gasteiger partial charge in [0.2, 0.25) is 0 Å². The van der Waals surface area contributed by atoms with E-state index in [0.29, 0.717) is 5.56 Å². The molecule has 0 amide bonds. The average Bonchev–Trinajstić information content (AvgIpc) is 2.38. The topological polar surface area (TPSA) is 26.0 Å². The fraction of sp³-hybridized carbons (Fsp3) is 0.200. The van der Waals surface area contributed by atoms with Gasteiger partial charge in [-0.05, 0) is 42.2 Å². The van der Waals surface area contributed by atoms with Crippen LogP contribution in [0.3, 0.4) is 0 Å². The summed E-state index contributed by atoms with van der Waals surface area (Å²) in [6.07, 6.45) is 0.269. The van der Waals surface area contributed by atoms with Crippen LogP contribution >= 0.6 is 15.9 Å². The molecule has 1 nitrogen and oxygen atoms in total. The second-order valence-corrected chi connectivity index (χ2v) is 5.39. The molecule has 0 aliphatic rings. The Kier molecular flexibility index (Phi) is 4.32. The van der Waals surface area contributed by atoms with Gasteiger partial charge in [-0.25, -0.2) is 8.78 Å². The van der Waals surface area contributed by atoms with Crippen LogP contribution in [0, 0.1) is 18.6 Å². The first-order chi connectivity index (χ1) is 8.99. The summed E-state index contributed by atoms with van der Waals surface area (Å²) in [5.41, 5.74) is 8.33. The summed E-state index contributed by atoms with van der Waals surface area (Å²) in [6, 6.07) is 9.55. The molecule has 0 aliphatic heterocycles. The van der Waals surface area contributed by atoms with E-state index >= 15 is 0 Å². The Labute approximate surface area is 119 Å². The molecule has 4 heteroatoms. The first-order valence-corrected chi connectivity index (χ1v) is 6.73. The van der Waals surface area contributed by atoms with Crippen molar-refractivity contribution in [1.82, 2.24) is 0 Å². The highest BCUT2D eigenvalue weighted by Crippen LogP contribution is 2.23. The highest BCUT2D eigenvalue weighted by atomic mass is 79.9. The molecule has 0 heterocycles. The minimum absolute atomic E-state index is 0.269. The third kappa shape index (κ3) is 3.19. The quantitative estimate of drug-likeness (QED) is 0.895. The molecule has 0 saturated carbocycles. The van der Waals surface area contributed by atoms with Crippen molar-refractivity contribution in [2.45, 2.75) is 19.4 Å². The maximum atomic E-state index is 13.6. The van der Waals surface area contributed by atoms with Crippen molar-refractivity contribution >= 4 is 15.9 Å². The van der Waals surface area contributed by atoms with Crippen molar-refractivity contribution in [1.29, 1.82) is 0 Å². The lowest BCUT2D eigenvalue weighted by atomic mass is 9.98. The van der Waals surface area contributed by atoms with E-state index in [9.17, 15) is 8.78 Å². The fourth-order valence-corrected chi connectivity index (χ4v) is 2.21. The first kappa shape index (κ1) is 14.2. The zero-order chi connectivity index (χ0) is 14.0. The van der Waals surface area contributed by atoms with Gasteiger partial charge in [0.15, 0.2) is 11.6 Å². The van der Waals surface area contributed by atoms with Gasteiger partial charge < -0.3 is 5.73 Å². The monoisotopic (exact) mass is 325 g/mol. The molecule has 0 radical (unpaired) electrons. The lowest BCUT2D eigenvalue weighted by molar-refractivity contribution is 0.494. The van der Waals surface area contributed by atoms with E-state index in [-0.39, 0.29) is 12.5 Å². The van der Waals surface area contributed by atoms with E-state index in [1.807, 2.05) is 25.1 Å². The minimum atomic E-state index is -0.836. The molecule has 1 atom stereocenters. The Hall–Kier alpha value is -1.26. The number of hydrogen-bond donors (Lipinski definition) is 1. The fourth-order valence-electron chi connectivity index (χ4n) is 1.96. The van der Waals surface area contributed by atoms with Crippen LogP contribution < -0.4 is 5.73 Å². The maximum Gasteiger partial charge on any atom is 0.162 e. The Balaban J connectivity index is 2.23. The SMILES string of the molecule is Cc1cc(C(N)Cc2cccc(F)c2F)ccc1Br. The summed E-state index contributed by atoms with van der Waals surface area (Å²) in [6.45, 7) is 1.96. The van der Waals surface area contributed by atoms with E-state index in [2.05, 4.69) is 15.9 Å². The van der Waals surface area contributed by atoms with Gasteiger partial charge in [-0.3, -0.25) is 0 Å². The maximum absolute atomic E-state index is 13.6. The van der Waals surface area contributed by atoms with Gasteiger partial charge in [-0.2, -0.15) is 0 Å². The van der Waals surface area contributed by atoms with Gasteiger partial charge in [0, 0.05) is 10.5 Å². The number of hydrogen-bond acceptors (Lipinski definition) is 1. The molecule has 19 heavy (non-hydrogen) atoms. The summed E-state index contributed by atoms with van der Waals surface area (Å²) < 4.78 is 27.7. The average molecular weight is 326 g/mol. The van der Waals surface area contributed by atoms with Gasteiger partial charge >= 0.3 is 0 Å². The van der Waals surface area contributed by atoms with Crippen LogP contribution in [-0.2, 0) is 6.42 Å². The van der Waals surface area contributed by atoms with Crippen molar-refractivity contribution in [3.63, 3.8) is 0 Å². The highest BCUT2D eigenvalue weighted by molar-refractivity contribution is 9.10. The summed E-state index contributed by atoms with van der Waals surface area (Å²) in [4.78, 5) is 0. The zero-order valence-electron chi connectivity index (χ0n) is 10.5. The van der Waals surface area contributed by atoms with E-state index in [0.717, 1.165) is 21.7 Å². The third-order valence-corrected chi connectivity index (χ3v) is 3.97. The largest absolute Gasteiger partial charge is 0.324 e. The molecule has 0 fully saturated rings. The van der Waals surface area contributed by atoms with Gasteiger partial charge in [-0.15, -0.1) is 0 Å². The van der Waals surface area contributed by atoms with E-state index in [4.69, 9.17) is 5.73 Å². The van der Waals surface area contributed by atoms with Gasteiger partial charge in [-0.1, -0.05) is 40.2 Å². The molecule has 2 aromatic carbocycles. The third-order valence-electron chi connectivity index (χ3n) is 3.08. The molecular weight excluding hydrogens is 312 g/mol. The second-order valence-electron chi connectivity index (χ2n) is 4.53. The van der Waals surface area contributed by atoms with Crippen LogP contribution in [0.5, 0.6) is 0 Å². The molecule has 0 saturated heterocycles. The van der Waals surface area contributed by atoms with Crippen LogP contribution in [0.4, 0.5) is 8.78 Å². The predicted octanol–water partition coefficient (Wildman–Crippen LogP) is 4.28. The van der Waals surface area contributed by atoms with Crippen molar-refractivity contribution in [2.75, 3.05) is 0 Å². The number of nitrogens with two attached hydrogens (primary N) is 1. The van der Waals surface area contributed by atoms with Crippen molar-refractivity contribution in [3.8, 4) is 0 Å². The molecule has 0 aromatic heterocycles. The lowest BCUT2D eigenvalue weighted by Crippen LogP contribution is -2.14. The van der Waals surface area contributed by atoms with E-state index in [1.54, 1.807) is 6.07 Å². The Morgan fingerprint density at radius 2 is 1.95 bits per heavy atom. The smallest absolute Gasteiger partial charge is 0.162 e.